The Morgan fingerprint density at radius 2 is 2.00 bits per heavy atom. The fraction of sp³-hybridized carbons (Fsp3) is 0.150. The second-order valence-corrected chi connectivity index (χ2v) is 6.57. The number of nitrogens with zero attached hydrogens (tertiary/aromatic N) is 4. The number of hydrogen-bond donors (Lipinski definition) is 2. The Morgan fingerprint density at radius 1 is 1.17 bits per heavy atom. The maximum absolute atomic E-state index is 12.6. The molecule has 0 unspecified atom stereocenters. The molecule has 0 radical (unpaired) electrons. The van der Waals surface area contributed by atoms with E-state index >= 15 is 0 Å². The van der Waals surface area contributed by atoms with Gasteiger partial charge in [0.1, 0.15) is 6.20 Å². The van der Waals surface area contributed by atoms with Crippen molar-refractivity contribution >= 4 is 22.8 Å². The molecule has 0 aliphatic rings. The van der Waals surface area contributed by atoms with E-state index in [4.69, 9.17) is 0 Å². The summed E-state index contributed by atoms with van der Waals surface area (Å²) in [5, 5.41) is 13.8. The summed E-state index contributed by atoms with van der Waals surface area (Å²) in [5.74, 6) is -0.402. The first-order valence-electron chi connectivity index (χ1n) is 9.03. The quantitative estimate of drug-likeness (QED) is 0.371. The summed E-state index contributed by atoms with van der Waals surface area (Å²) in [6.45, 7) is 0.299. The Morgan fingerprint density at radius 3 is 2.76 bits per heavy atom. The van der Waals surface area contributed by atoms with Crippen LogP contribution in [0.4, 0.5) is 5.82 Å². The predicted octanol–water partition coefficient (Wildman–Crippen LogP) is 2.96. The van der Waals surface area contributed by atoms with Gasteiger partial charge in [-0.3, -0.25) is 4.79 Å². The molecular formula is C20H18N6O3. The molecule has 4 rings (SSSR count). The molecule has 2 aromatic heterocycles. The second kappa shape index (κ2) is 7.93. The molecule has 0 saturated carbocycles. The number of aromatic nitrogens is 4. The number of aryl methyl sites for hydroxylation is 1. The Bertz CT molecular complexity index is 1150. The van der Waals surface area contributed by atoms with Crippen LogP contribution in [0.3, 0.4) is 0 Å². The van der Waals surface area contributed by atoms with Gasteiger partial charge in [0.25, 0.3) is 0 Å². The van der Waals surface area contributed by atoms with Crippen LogP contribution >= 0.6 is 0 Å². The summed E-state index contributed by atoms with van der Waals surface area (Å²) in [6, 6.07) is 15.2. The third-order valence-electron chi connectivity index (χ3n) is 4.62. The standard InChI is InChI=1S/C20H18N6O3/c27-19(8-9-25-11-18(23-13-25)26(28)29)24-20(14-4-2-1-3-5-14)15-6-7-16-17(10-15)22-12-21-16/h1-7,10-13,20H,8-9H2,(H,21,22)(H,24,27)/t20-/m1/s1. The van der Waals surface area contributed by atoms with Crippen LogP contribution in [0.2, 0.25) is 0 Å². The average molecular weight is 390 g/mol. The van der Waals surface area contributed by atoms with Crippen LogP contribution in [-0.2, 0) is 11.3 Å². The molecule has 9 nitrogen and oxygen atoms in total. The summed E-state index contributed by atoms with van der Waals surface area (Å²) in [7, 11) is 0. The smallest absolute Gasteiger partial charge is 0.358 e. The largest absolute Gasteiger partial charge is 0.381 e. The molecule has 2 aromatic carbocycles. The molecule has 1 amide bonds. The van der Waals surface area contributed by atoms with Gasteiger partial charge in [0.15, 0.2) is 0 Å². The van der Waals surface area contributed by atoms with Crippen molar-refractivity contribution in [2.75, 3.05) is 0 Å². The maximum Gasteiger partial charge on any atom is 0.381 e. The van der Waals surface area contributed by atoms with Gasteiger partial charge in [-0.25, -0.2) is 4.98 Å². The van der Waals surface area contributed by atoms with Crippen molar-refractivity contribution in [2.24, 2.45) is 0 Å². The molecule has 1 atom stereocenters. The maximum atomic E-state index is 12.6. The number of aromatic amines is 1. The molecule has 0 bridgehead atoms. The zero-order chi connectivity index (χ0) is 20.2. The molecule has 146 valence electrons. The number of hydrogen-bond acceptors (Lipinski definition) is 5. The third-order valence-corrected chi connectivity index (χ3v) is 4.62. The van der Waals surface area contributed by atoms with Gasteiger partial charge in [-0.1, -0.05) is 36.4 Å². The van der Waals surface area contributed by atoms with E-state index in [-0.39, 0.29) is 24.2 Å². The van der Waals surface area contributed by atoms with Gasteiger partial charge in [-0.05, 0) is 33.2 Å². The number of nitro groups is 1. The molecule has 2 heterocycles. The van der Waals surface area contributed by atoms with Gasteiger partial charge in [0.05, 0.1) is 23.4 Å². The number of nitrogens with one attached hydrogen (secondary N) is 2. The van der Waals surface area contributed by atoms with Crippen LogP contribution in [-0.4, -0.2) is 30.3 Å². The zero-order valence-electron chi connectivity index (χ0n) is 15.4. The molecule has 9 heteroatoms. The molecule has 0 aliphatic carbocycles. The Hall–Kier alpha value is -4.01. The summed E-state index contributed by atoms with van der Waals surface area (Å²) in [6.07, 6.45) is 4.47. The van der Waals surface area contributed by atoms with E-state index in [1.165, 1.54) is 17.1 Å². The van der Waals surface area contributed by atoms with Crippen molar-refractivity contribution in [1.82, 2.24) is 24.8 Å². The molecule has 2 N–H and O–H groups in total. The molecule has 0 spiro atoms. The number of rotatable bonds is 7. The Kier molecular flexibility index (Phi) is 5.02. The summed E-state index contributed by atoms with van der Waals surface area (Å²) in [4.78, 5) is 33.8. The van der Waals surface area contributed by atoms with E-state index in [0.29, 0.717) is 6.54 Å². The number of amides is 1. The van der Waals surface area contributed by atoms with E-state index in [1.54, 1.807) is 6.33 Å². The Labute approximate surface area is 165 Å². The monoisotopic (exact) mass is 390 g/mol. The fourth-order valence-electron chi connectivity index (χ4n) is 3.17. The van der Waals surface area contributed by atoms with Crippen LogP contribution in [0.15, 0.2) is 67.4 Å². The lowest BCUT2D eigenvalue weighted by molar-refractivity contribution is -0.389. The highest BCUT2D eigenvalue weighted by Crippen LogP contribution is 2.24. The van der Waals surface area contributed by atoms with Crippen molar-refractivity contribution in [1.29, 1.82) is 0 Å². The lowest BCUT2D eigenvalue weighted by Crippen LogP contribution is -2.29. The highest BCUT2D eigenvalue weighted by Gasteiger charge is 2.18. The first kappa shape index (κ1) is 18.4. The second-order valence-electron chi connectivity index (χ2n) is 6.57. The highest BCUT2D eigenvalue weighted by atomic mass is 16.6. The molecular weight excluding hydrogens is 372 g/mol. The topological polar surface area (TPSA) is 119 Å². The summed E-state index contributed by atoms with van der Waals surface area (Å²) < 4.78 is 1.53. The van der Waals surface area contributed by atoms with Crippen LogP contribution < -0.4 is 5.32 Å². The van der Waals surface area contributed by atoms with Crippen LogP contribution in [0.25, 0.3) is 11.0 Å². The third kappa shape index (κ3) is 4.13. The number of carbonyl (C=O) groups excluding carboxylic acids is 1. The van der Waals surface area contributed by atoms with Gasteiger partial charge < -0.3 is 25.0 Å². The fourth-order valence-corrected chi connectivity index (χ4v) is 3.17. The predicted molar refractivity (Wildman–Crippen MR) is 106 cm³/mol. The van der Waals surface area contributed by atoms with Gasteiger partial charge in [-0.15, -0.1) is 0 Å². The van der Waals surface area contributed by atoms with E-state index in [9.17, 15) is 14.9 Å². The van der Waals surface area contributed by atoms with E-state index in [1.807, 2.05) is 48.5 Å². The van der Waals surface area contributed by atoms with Crippen molar-refractivity contribution in [3.05, 3.63) is 88.6 Å². The van der Waals surface area contributed by atoms with Crippen molar-refractivity contribution in [3.63, 3.8) is 0 Å². The van der Waals surface area contributed by atoms with Gasteiger partial charge >= 0.3 is 5.82 Å². The SMILES string of the molecule is O=C(CCn1cnc([N+](=O)[O-])c1)N[C@H](c1ccccc1)c1ccc2nc[nH]c2c1. The lowest BCUT2D eigenvalue weighted by Gasteiger charge is -2.20. The zero-order valence-corrected chi connectivity index (χ0v) is 15.4. The summed E-state index contributed by atoms with van der Waals surface area (Å²) in [5.41, 5.74) is 3.63. The van der Waals surface area contributed by atoms with Crippen molar-refractivity contribution in [2.45, 2.75) is 19.0 Å². The van der Waals surface area contributed by atoms with E-state index in [2.05, 4.69) is 20.3 Å². The average Bonchev–Trinajstić information content (AvgIpc) is 3.40. The molecule has 29 heavy (non-hydrogen) atoms. The minimum absolute atomic E-state index is 0.167. The molecule has 0 saturated heterocycles. The van der Waals surface area contributed by atoms with Crippen molar-refractivity contribution < 1.29 is 9.72 Å². The normalized spacial score (nSPS) is 12.0. The van der Waals surface area contributed by atoms with Crippen LogP contribution in [0.1, 0.15) is 23.6 Å². The Balaban J connectivity index is 1.51. The number of fused-ring (bicyclic) bond motifs is 1. The van der Waals surface area contributed by atoms with E-state index in [0.717, 1.165) is 22.2 Å². The highest BCUT2D eigenvalue weighted by molar-refractivity contribution is 5.78. The first-order chi connectivity index (χ1) is 14.1. The van der Waals surface area contributed by atoms with Crippen LogP contribution in [0.5, 0.6) is 0 Å². The van der Waals surface area contributed by atoms with E-state index < -0.39 is 4.92 Å². The minimum atomic E-state index is -0.562. The lowest BCUT2D eigenvalue weighted by atomic mass is 9.98. The van der Waals surface area contributed by atoms with Gasteiger partial charge in [0.2, 0.25) is 12.2 Å². The molecule has 4 aromatic rings. The first-order valence-corrected chi connectivity index (χ1v) is 9.03. The van der Waals surface area contributed by atoms with Gasteiger partial charge in [0, 0.05) is 13.0 Å². The van der Waals surface area contributed by atoms with Crippen LogP contribution in [0, 0.1) is 10.1 Å². The number of benzene rings is 2. The molecule has 0 fully saturated rings. The summed E-state index contributed by atoms with van der Waals surface area (Å²) >= 11 is 0. The van der Waals surface area contributed by atoms with Gasteiger partial charge in [-0.2, -0.15) is 0 Å². The van der Waals surface area contributed by atoms with Crippen molar-refractivity contribution in [3.8, 4) is 0 Å². The minimum Gasteiger partial charge on any atom is -0.358 e. The number of carbonyl (C=O) groups is 1. The number of imidazole rings is 2. The number of H-pyrrole nitrogens is 1. The molecule has 0 aliphatic heterocycles.